The van der Waals surface area contributed by atoms with E-state index in [1.54, 1.807) is 0 Å². The Morgan fingerprint density at radius 2 is 1.92 bits per heavy atom. The van der Waals surface area contributed by atoms with Crippen molar-refractivity contribution >= 4 is 40.7 Å². The molecule has 1 aromatic carbocycles. The number of alkyl halides is 3. The van der Waals surface area contributed by atoms with Crippen LogP contribution in [0.2, 0.25) is 10.0 Å². The van der Waals surface area contributed by atoms with Crippen LogP contribution in [0.1, 0.15) is 10.4 Å². The predicted molar refractivity (Wildman–Crippen MR) is 85.8 cm³/mol. The van der Waals surface area contributed by atoms with E-state index >= 15 is 0 Å². The molecule has 0 fully saturated rings. The topological polar surface area (TPSA) is 105 Å². The molecule has 4 N–H and O–H groups in total. The van der Waals surface area contributed by atoms with Crippen molar-refractivity contribution in [2.45, 2.75) is 6.18 Å². The Hall–Kier alpha value is -2.26. The lowest BCUT2D eigenvalue weighted by molar-refractivity contribution is -0.138. The highest BCUT2D eigenvalue weighted by molar-refractivity contribution is 6.36. The van der Waals surface area contributed by atoms with Crippen LogP contribution in [0.25, 0.3) is 0 Å². The third-order valence-corrected chi connectivity index (χ3v) is 3.40. The van der Waals surface area contributed by atoms with E-state index in [0.29, 0.717) is 0 Å². The van der Waals surface area contributed by atoms with Crippen molar-refractivity contribution in [1.82, 2.24) is 5.32 Å². The molecule has 0 radical (unpaired) electrons. The van der Waals surface area contributed by atoms with Crippen LogP contribution in [0.4, 0.5) is 13.2 Å². The molecule has 0 heterocycles. The van der Waals surface area contributed by atoms with E-state index in [1.807, 2.05) is 0 Å². The van der Waals surface area contributed by atoms with Crippen molar-refractivity contribution in [3.8, 4) is 0 Å². The third-order valence-electron chi connectivity index (χ3n) is 2.84. The normalized spacial score (nSPS) is 12.2. The summed E-state index contributed by atoms with van der Waals surface area (Å²) in [5, 5.41) is 9.39. The van der Waals surface area contributed by atoms with Crippen LogP contribution in [0.15, 0.2) is 29.6 Å². The molecule has 0 saturated heterocycles. The van der Waals surface area contributed by atoms with Gasteiger partial charge in [-0.3, -0.25) is 10.2 Å². The number of ether oxygens (including phenoxy) is 1. The molecular formula is C14H12Cl2F3N3O3. The molecule has 1 aromatic rings. The van der Waals surface area contributed by atoms with E-state index < -0.39 is 41.6 Å². The van der Waals surface area contributed by atoms with Gasteiger partial charge < -0.3 is 15.8 Å². The highest BCUT2D eigenvalue weighted by Crippen LogP contribution is 2.23. The number of hydrogen-bond acceptors (Lipinski definition) is 6. The first kappa shape index (κ1) is 20.8. The minimum Gasteiger partial charge on any atom is -0.454 e. The molecule has 25 heavy (non-hydrogen) atoms. The van der Waals surface area contributed by atoms with Gasteiger partial charge in [0.2, 0.25) is 5.78 Å². The van der Waals surface area contributed by atoms with E-state index in [1.165, 1.54) is 18.2 Å². The van der Waals surface area contributed by atoms with Gasteiger partial charge in [-0.1, -0.05) is 23.2 Å². The SMILES string of the molecule is CN/C(N)=C(\C(=N)C(F)(F)F)C(=O)OCC(=O)c1cc(Cl)ccc1Cl. The number of rotatable bonds is 6. The van der Waals surface area contributed by atoms with E-state index in [2.05, 4.69) is 10.1 Å². The first-order valence-corrected chi connectivity index (χ1v) is 7.23. The molecule has 0 aliphatic carbocycles. The van der Waals surface area contributed by atoms with Crippen LogP contribution >= 0.6 is 23.2 Å². The molecular weight excluding hydrogens is 386 g/mol. The fraction of sp³-hybridized carbons (Fsp3) is 0.214. The van der Waals surface area contributed by atoms with Crippen LogP contribution in [-0.4, -0.2) is 37.3 Å². The first-order valence-electron chi connectivity index (χ1n) is 6.48. The quantitative estimate of drug-likeness (QED) is 0.296. The average molecular weight is 398 g/mol. The fourth-order valence-electron chi connectivity index (χ4n) is 1.61. The number of Topliss-reactive ketones (excluding diaryl/α,β-unsaturated/α-hetero) is 1. The minimum atomic E-state index is -5.13. The number of nitrogens with two attached hydrogens (primary N) is 1. The fourth-order valence-corrected chi connectivity index (χ4v) is 2.00. The highest BCUT2D eigenvalue weighted by atomic mass is 35.5. The van der Waals surface area contributed by atoms with E-state index in [-0.39, 0.29) is 15.6 Å². The number of esters is 1. The molecule has 136 valence electrons. The maximum absolute atomic E-state index is 12.7. The Bertz CT molecular complexity index is 749. The molecule has 0 aliphatic heterocycles. The summed E-state index contributed by atoms with van der Waals surface area (Å²) in [6.07, 6.45) is -5.13. The summed E-state index contributed by atoms with van der Waals surface area (Å²) in [5.74, 6) is -3.09. The summed E-state index contributed by atoms with van der Waals surface area (Å²) in [6.45, 7) is -0.912. The van der Waals surface area contributed by atoms with Crippen molar-refractivity contribution in [1.29, 1.82) is 5.41 Å². The minimum absolute atomic E-state index is 0.0268. The third kappa shape index (κ3) is 5.36. The number of nitrogens with one attached hydrogen (secondary N) is 2. The Kier molecular flexibility index (Phi) is 6.83. The molecule has 0 spiro atoms. The largest absolute Gasteiger partial charge is 0.454 e. The monoisotopic (exact) mass is 397 g/mol. The Balaban J connectivity index is 2.97. The second kappa shape index (κ2) is 8.21. The number of benzene rings is 1. The van der Waals surface area contributed by atoms with Crippen LogP contribution in [0.5, 0.6) is 0 Å². The second-order valence-corrected chi connectivity index (χ2v) is 5.38. The van der Waals surface area contributed by atoms with Gasteiger partial charge in [0.1, 0.15) is 11.4 Å². The molecule has 0 saturated carbocycles. The number of ketones is 1. The Labute approximate surface area is 150 Å². The van der Waals surface area contributed by atoms with Gasteiger partial charge in [-0.2, -0.15) is 13.2 Å². The zero-order valence-electron chi connectivity index (χ0n) is 12.6. The van der Waals surface area contributed by atoms with Crippen LogP contribution in [-0.2, 0) is 9.53 Å². The van der Waals surface area contributed by atoms with Gasteiger partial charge >= 0.3 is 12.1 Å². The number of halogens is 5. The Morgan fingerprint density at radius 1 is 1.32 bits per heavy atom. The average Bonchev–Trinajstić information content (AvgIpc) is 2.53. The molecule has 0 aromatic heterocycles. The molecule has 1 rings (SSSR count). The van der Waals surface area contributed by atoms with Gasteiger partial charge in [-0.15, -0.1) is 0 Å². The maximum Gasteiger partial charge on any atom is 0.433 e. The molecule has 0 unspecified atom stereocenters. The molecule has 0 amide bonds. The first-order chi connectivity index (χ1) is 11.5. The lowest BCUT2D eigenvalue weighted by Gasteiger charge is -2.14. The van der Waals surface area contributed by atoms with Crippen LogP contribution in [0, 0.1) is 5.41 Å². The number of carbonyl (C=O) groups excluding carboxylic acids is 2. The van der Waals surface area contributed by atoms with E-state index in [4.69, 9.17) is 34.3 Å². The molecule has 0 bridgehead atoms. The summed E-state index contributed by atoms with van der Waals surface area (Å²) in [7, 11) is 1.16. The van der Waals surface area contributed by atoms with Gasteiger partial charge in [-0.25, -0.2) is 4.79 Å². The zero-order valence-corrected chi connectivity index (χ0v) is 14.1. The van der Waals surface area contributed by atoms with Crippen molar-refractivity contribution in [3.63, 3.8) is 0 Å². The smallest absolute Gasteiger partial charge is 0.433 e. The van der Waals surface area contributed by atoms with Crippen molar-refractivity contribution in [2.75, 3.05) is 13.7 Å². The van der Waals surface area contributed by atoms with Crippen molar-refractivity contribution in [3.05, 3.63) is 45.2 Å². The number of hydrogen-bond donors (Lipinski definition) is 3. The lowest BCUT2D eigenvalue weighted by Crippen LogP contribution is -2.34. The predicted octanol–water partition coefficient (Wildman–Crippen LogP) is 2.69. The summed E-state index contributed by atoms with van der Waals surface area (Å²) in [5.41, 5.74) is 1.97. The molecule has 0 atom stereocenters. The summed E-state index contributed by atoms with van der Waals surface area (Å²) < 4.78 is 42.6. The summed E-state index contributed by atoms with van der Waals surface area (Å²) in [6, 6.07) is 3.98. The van der Waals surface area contributed by atoms with E-state index in [9.17, 15) is 22.8 Å². The summed E-state index contributed by atoms with van der Waals surface area (Å²) in [4.78, 5) is 23.9. The maximum atomic E-state index is 12.7. The molecule has 6 nitrogen and oxygen atoms in total. The Morgan fingerprint density at radius 3 is 2.44 bits per heavy atom. The van der Waals surface area contributed by atoms with Crippen LogP contribution < -0.4 is 11.1 Å². The van der Waals surface area contributed by atoms with Gasteiger partial charge in [0, 0.05) is 17.6 Å². The van der Waals surface area contributed by atoms with Gasteiger partial charge in [-0.05, 0) is 18.2 Å². The van der Waals surface area contributed by atoms with Gasteiger partial charge in [0.25, 0.3) is 0 Å². The van der Waals surface area contributed by atoms with Crippen molar-refractivity contribution in [2.24, 2.45) is 5.73 Å². The van der Waals surface area contributed by atoms with Crippen molar-refractivity contribution < 1.29 is 27.5 Å². The van der Waals surface area contributed by atoms with Gasteiger partial charge in [0.05, 0.1) is 5.02 Å². The lowest BCUT2D eigenvalue weighted by atomic mass is 10.1. The zero-order chi connectivity index (χ0) is 19.4. The second-order valence-electron chi connectivity index (χ2n) is 4.53. The number of carbonyl (C=O) groups is 2. The summed E-state index contributed by atoms with van der Waals surface area (Å²) >= 11 is 11.5. The van der Waals surface area contributed by atoms with Crippen LogP contribution in [0.3, 0.4) is 0 Å². The molecule has 0 aliphatic rings. The molecule has 11 heteroatoms. The van der Waals surface area contributed by atoms with Gasteiger partial charge in [0.15, 0.2) is 12.3 Å². The standard InChI is InChI=1S/C14H12Cl2F3N3O3/c1-22-12(21)10(11(20)14(17,18)19)13(24)25-5-9(23)7-4-6(15)2-3-8(7)16/h2-4,20,22H,5,21H2,1H3/b12-10+,20-11?. The highest BCUT2D eigenvalue weighted by Gasteiger charge is 2.41. The van der Waals surface area contributed by atoms with E-state index in [0.717, 1.165) is 7.05 Å².